The number of rotatable bonds is 4. The smallest absolute Gasteiger partial charge is 0.137 e. The highest BCUT2D eigenvalue weighted by atomic mass is 15.2. The minimum absolute atomic E-state index is 0.347. The van der Waals surface area contributed by atoms with Gasteiger partial charge in [-0.05, 0) is 32.1 Å². The monoisotopic (exact) mass is 290 g/mol. The second-order valence-corrected chi connectivity index (χ2v) is 7.25. The highest BCUT2D eigenvalue weighted by Gasteiger charge is 2.29. The topological polar surface area (TPSA) is 41.1 Å². The molecule has 0 unspecified atom stereocenters. The molecule has 118 valence electrons. The lowest BCUT2D eigenvalue weighted by molar-refractivity contribution is 0.291. The molecule has 0 atom stereocenters. The average Bonchev–Trinajstić information content (AvgIpc) is 2.39. The molecule has 0 aromatic carbocycles. The minimum Gasteiger partial charge on any atom is -0.370 e. The Morgan fingerprint density at radius 1 is 1.29 bits per heavy atom. The molecule has 4 nitrogen and oxygen atoms in total. The van der Waals surface area contributed by atoms with Crippen molar-refractivity contribution in [2.75, 3.05) is 29.9 Å². The molecular weight excluding hydrogens is 260 g/mol. The van der Waals surface area contributed by atoms with E-state index < -0.39 is 0 Å². The summed E-state index contributed by atoms with van der Waals surface area (Å²) in [6.07, 6.45) is 2.54. The van der Waals surface area contributed by atoms with Gasteiger partial charge in [0.15, 0.2) is 0 Å². The molecule has 1 aromatic rings. The summed E-state index contributed by atoms with van der Waals surface area (Å²) in [4.78, 5) is 12.0. The fourth-order valence-corrected chi connectivity index (χ4v) is 3.03. The summed E-state index contributed by atoms with van der Waals surface area (Å²) in [5.74, 6) is 3.40. The summed E-state index contributed by atoms with van der Waals surface area (Å²) >= 11 is 0. The highest BCUT2D eigenvalue weighted by Crippen LogP contribution is 2.34. The Balaban J connectivity index is 2.41. The van der Waals surface area contributed by atoms with Crippen LogP contribution < -0.4 is 10.2 Å². The second kappa shape index (κ2) is 6.20. The molecule has 0 spiro atoms. The molecule has 0 bridgehead atoms. The van der Waals surface area contributed by atoms with Crippen LogP contribution in [-0.2, 0) is 0 Å². The van der Waals surface area contributed by atoms with Gasteiger partial charge >= 0.3 is 0 Å². The molecule has 2 rings (SSSR count). The first kappa shape index (κ1) is 16.1. The largest absolute Gasteiger partial charge is 0.370 e. The fraction of sp³-hybridized carbons (Fsp3) is 0.765. The third-order valence-electron chi connectivity index (χ3n) is 4.20. The van der Waals surface area contributed by atoms with Gasteiger partial charge in [-0.1, -0.05) is 27.7 Å². The molecule has 21 heavy (non-hydrogen) atoms. The molecule has 1 saturated heterocycles. The summed E-state index contributed by atoms with van der Waals surface area (Å²) in [6.45, 7) is 16.3. The van der Waals surface area contributed by atoms with Crippen LogP contribution in [0.4, 0.5) is 11.6 Å². The predicted octanol–water partition coefficient (Wildman–Crippen LogP) is 3.97. The van der Waals surface area contributed by atoms with Crippen LogP contribution in [0.15, 0.2) is 0 Å². The molecule has 1 aliphatic heterocycles. The Bertz CT molecular complexity index is 494. The molecule has 4 heteroatoms. The van der Waals surface area contributed by atoms with Crippen molar-refractivity contribution in [2.45, 2.75) is 60.3 Å². The molecular formula is C17H30N4. The van der Waals surface area contributed by atoms with E-state index in [9.17, 15) is 0 Å². The number of nitrogens with zero attached hydrogens (tertiary/aromatic N) is 3. The zero-order chi connectivity index (χ0) is 15.6. The Kier molecular flexibility index (Phi) is 4.74. The molecule has 0 amide bonds. The minimum atomic E-state index is 0.347. The third-order valence-corrected chi connectivity index (χ3v) is 4.20. The zero-order valence-corrected chi connectivity index (χ0v) is 14.5. The molecule has 0 radical (unpaired) electrons. The predicted molar refractivity (Wildman–Crippen MR) is 90.2 cm³/mol. The van der Waals surface area contributed by atoms with Crippen molar-refractivity contribution >= 4 is 11.6 Å². The Hall–Kier alpha value is -1.32. The van der Waals surface area contributed by atoms with Crippen molar-refractivity contribution in [1.82, 2.24) is 9.97 Å². The summed E-state index contributed by atoms with van der Waals surface area (Å²) in [5.41, 5.74) is 1.55. The van der Waals surface area contributed by atoms with Gasteiger partial charge in [-0.15, -0.1) is 0 Å². The fourth-order valence-electron chi connectivity index (χ4n) is 3.03. The average molecular weight is 290 g/mol. The Morgan fingerprint density at radius 3 is 2.57 bits per heavy atom. The van der Waals surface area contributed by atoms with E-state index in [2.05, 4.69) is 51.8 Å². The van der Waals surface area contributed by atoms with E-state index in [1.807, 2.05) is 0 Å². The highest BCUT2D eigenvalue weighted by molar-refractivity contribution is 5.59. The van der Waals surface area contributed by atoms with Gasteiger partial charge in [0.2, 0.25) is 0 Å². The van der Waals surface area contributed by atoms with Crippen molar-refractivity contribution in [2.24, 2.45) is 5.41 Å². The van der Waals surface area contributed by atoms with Crippen molar-refractivity contribution in [3.63, 3.8) is 0 Å². The molecule has 1 N–H and O–H groups in total. The molecule has 1 aliphatic rings. The van der Waals surface area contributed by atoms with Crippen LogP contribution in [-0.4, -0.2) is 29.6 Å². The van der Waals surface area contributed by atoms with Crippen molar-refractivity contribution < 1.29 is 0 Å². The van der Waals surface area contributed by atoms with Crippen LogP contribution in [0.1, 0.15) is 64.8 Å². The van der Waals surface area contributed by atoms with Crippen LogP contribution in [0.25, 0.3) is 0 Å². The SMILES string of the molecule is CCNc1nc(C(C)C)nc(N2CCCC(C)(C)C2)c1C. The third kappa shape index (κ3) is 3.66. The Labute approximate surface area is 129 Å². The summed E-state index contributed by atoms with van der Waals surface area (Å²) in [7, 11) is 0. The maximum Gasteiger partial charge on any atom is 0.137 e. The maximum absolute atomic E-state index is 4.88. The van der Waals surface area contributed by atoms with Gasteiger partial charge in [0, 0.05) is 31.1 Å². The van der Waals surface area contributed by atoms with Gasteiger partial charge < -0.3 is 10.2 Å². The van der Waals surface area contributed by atoms with Crippen LogP contribution in [0.5, 0.6) is 0 Å². The number of piperidine rings is 1. The van der Waals surface area contributed by atoms with E-state index in [1.165, 1.54) is 18.4 Å². The van der Waals surface area contributed by atoms with E-state index in [0.717, 1.165) is 37.1 Å². The standard InChI is InChI=1S/C17H30N4/c1-7-18-15-13(4)16(20-14(19-15)12(2)3)21-10-8-9-17(5,6)11-21/h12H,7-11H2,1-6H3,(H,18,19,20). The first-order chi connectivity index (χ1) is 9.84. The van der Waals surface area contributed by atoms with Crippen molar-refractivity contribution in [3.05, 3.63) is 11.4 Å². The summed E-state index contributed by atoms with van der Waals surface area (Å²) in [5, 5.41) is 3.39. The van der Waals surface area contributed by atoms with Crippen molar-refractivity contribution in [1.29, 1.82) is 0 Å². The van der Waals surface area contributed by atoms with Crippen LogP contribution >= 0.6 is 0 Å². The molecule has 2 heterocycles. The molecule has 1 aromatic heterocycles. The summed E-state index contributed by atoms with van der Waals surface area (Å²) in [6, 6.07) is 0. The quantitative estimate of drug-likeness (QED) is 0.911. The van der Waals surface area contributed by atoms with E-state index in [1.54, 1.807) is 0 Å². The number of hydrogen-bond donors (Lipinski definition) is 1. The maximum atomic E-state index is 4.88. The number of nitrogens with one attached hydrogen (secondary N) is 1. The lowest BCUT2D eigenvalue weighted by Crippen LogP contribution is -2.41. The zero-order valence-electron chi connectivity index (χ0n) is 14.5. The van der Waals surface area contributed by atoms with Gasteiger partial charge in [-0.25, -0.2) is 9.97 Å². The van der Waals surface area contributed by atoms with Gasteiger partial charge in [0.05, 0.1) is 0 Å². The van der Waals surface area contributed by atoms with Crippen LogP contribution in [0, 0.1) is 12.3 Å². The van der Waals surface area contributed by atoms with Gasteiger partial charge in [-0.2, -0.15) is 0 Å². The van der Waals surface area contributed by atoms with E-state index in [0.29, 0.717) is 11.3 Å². The molecule has 0 aliphatic carbocycles. The van der Waals surface area contributed by atoms with Gasteiger partial charge in [-0.3, -0.25) is 0 Å². The number of aromatic nitrogens is 2. The van der Waals surface area contributed by atoms with E-state index in [-0.39, 0.29) is 0 Å². The van der Waals surface area contributed by atoms with Gasteiger partial charge in [0.1, 0.15) is 17.5 Å². The van der Waals surface area contributed by atoms with Gasteiger partial charge in [0.25, 0.3) is 0 Å². The molecule has 1 fully saturated rings. The van der Waals surface area contributed by atoms with Crippen molar-refractivity contribution in [3.8, 4) is 0 Å². The first-order valence-corrected chi connectivity index (χ1v) is 8.21. The van der Waals surface area contributed by atoms with Crippen LogP contribution in [0.3, 0.4) is 0 Å². The lowest BCUT2D eigenvalue weighted by Gasteiger charge is -2.39. The summed E-state index contributed by atoms with van der Waals surface area (Å²) < 4.78 is 0. The number of hydrogen-bond acceptors (Lipinski definition) is 4. The Morgan fingerprint density at radius 2 is 2.00 bits per heavy atom. The van der Waals surface area contributed by atoms with E-state index in [4.69, 9.17) is 9.97 Å². The number of anilines is 2. The van der Waals surface area contributed by atoms with E-state index >= 15 is 0 Å². The lowest BCUT2D eigenvalue weighted by atomic mass is 9.84. The first-order valence-electron chi connectivity index (χ1n) is 8.21. The normalized spacial score (nSPS) is 18.1. The molecule has 0 saturated carbocycles. The van der Waals surface area contributed by atoms with Crippen LogP contribution in [0.2, 0.25) is 0 Å². The second-order valence-electron chi connectivity index (χ2n) is 7.25.